The third-order valence-corrected chi connectivity index (χ3v) is 8.67. The molecule has 0 bridgehead atoms. The number of hydrogen-bond acceptors (Lipinski definition) is 2. The Morgan fingerprint density at radius 1 is 1.04 bits per heavy atom. The van der Waals surface area contributed by atoms with Crippen molar-refractivity contribution >= 4 is 11.6 Å². The highest BCUT2D eigenvalue weighted by atomic mass is 16.2. The fourth-order valence-electron chi connectivity index (χ4n) is 7.41. The van der Waals surface area contributed by atoms with Crippen molar-refractivity contribution in [2.75, 3.05) is 0 Å². The van der Waals surface area contributed by atoms with Crippen molar-refractivity contribution in [2.45, 2.75) is 85.0 Å². The van der Waals surface area contributed by atoms with E-state index in [1.54, 1.807) is 6.92 Å². The number of nitrogens with zero attached hydrogens (tertiary/aromatic N) is 1. The SMILES string of the molecule is CC(=O)N/N=C1/CCC2C3CCC4CCCCC4(C)C3CCC12C. The van der Waals surface area contributed by atoms with Gasteiger partial charge < -0.3 is 0 Å². The second-order valence-electron chi connectivity index (χ2n) is 9.62. The normalized spacial score (nSPS) is 49.2. The average molecular weight is 331 g/mol. The summed E-state index contributed by atoms with van der Waals surface area (Å²) in [4.78, 5) is 11.3. The molecule has 4 rings (SSSR count). The number of carbonyl (C=O) groups is 1. The summed E-state index contributed by atoms with van der Waals surface area (Å²) in [5.74, 6) is 3.58. The van der Waals surface area contributed by atoms with Gasteiger partial charge in [-0.2, -0.15) is 5.10 Å². The van der Waals surface area contributed by atoms with E-state index in [-0.39, 0.29) is 11.3 Å². The zero-order valence-electron chi connectivity index (χ0n) is 15.7. The third-order valence-electron chi connectivity index (χ3n) is 8.67. The third kappa shape index (κ3) is 2.37. The van der Waals surface area contributed by atoms with Gasteiger partial charge in [0.2, 0.25) is 5.91 Å². The van der Waals surface area contributed by atoms with Crippen LogP contribution in [0.3, 0.4) is 0 Å². The molecule has 3 nitrogen and oxygen atoms in total. The largest absolute Gasteiger partial charge is 0.274 e. The van der Waals surface area contributed by atoms with Crippen LogP contribution >= 0.6 is 0 Å². The molecule has 0 radical (unpaired) electrons. The lowest BCUT2D eigenvalue weighted by Crippen LogP contribution is -2.52. The van der Waals surface area contributed by atoms with Gasteiger partial charge in [-0.05, 0) is 80.5 Å². The highest BCUT2D eigenvalue weighted by Gasteiger charge is 2.58. The van der Waals surface area contributed by atoms with Gasteiger partial charge in [-0.15, -0.1) is 0 Å². The van der Waals surface area contributed by atoms with Crippen LogP contribution in [0, 0.1) is 34.5 Å². The lowest BCUT2D eigenvalue weighted by molar-refractivity contribution is -0.118. The first-order valence-corrected chi connectivity index (χ1v) is 10.3. The van der Waals surface area contributed by atoms with Crippen LogP contribution < -0.4 is 5.43 Å². The lowest BCUT2D eigenvalue weighted by atomic mass is 9.45. The van der Waals surface area contributed by atoms with Crippen LogP contribution in [0.2, 0.25) is 0 Å². The van der Waals surface area contributed by atoms with Gasteiger partial charge in [0, 0.05) is 18.1 Å². The van der Waals surface area contributed by atoms with Crippen LogP contribution in [0.4, 0.5) is 0 Å². The zero-order chi connectivity index (χ0) is 16.9. The first-order valence-electron chi connectivity index (χ1n) is 10.3. The van der Waals surface area contributed by atoms with E-state index in [2.05, 4.69) is 24.4 Å². The van der Waals surface area contributed by atoms with Crippen molar-refractivity contribution in [1.82, 2.24) is 5.43 Å². The molecule has 24 heavy (non-hydrogen) atoms. The lowest BCUT2D eigenvalue weighted by Gasteiger charge is -2.59. The molecule has 4 fully saturated rings. The van der Waals surface area contributed by atoms with Crippen molar-refractivity contribution in [3.8, 4) is 0 Å². The van der Waals surface area contributed by atoms with Gasteiger partial charge in [0.25, 0.3) is 0 Å². The van der Waals surface area contributed by atoms with E-state index in [9.17, 15) is 4.79 Å². The summed E-state index contributed by atoms with van der Waals surface area (Å²) in [6.45, 7) is 6.63. The minimum absolute atomic E-state index is 0.0431. The fourth-order valence-corrected chi connectivity index (χ4v) is 7.41. The summed E-state index contributed by atoms with van der Waals surface area (Å²) in [6, 6.07) is 0. The summed E-state index contributed by atoms with van der Waals surface area (Å²) in [6.07, 6.45) is 13.8. The molecule has 0 aliphatic heterocycles. The van der Waals surface area contributed by atoms with E-state index in [4.69, 9.17) is 0 Å². The second-order valence-corrected chi connectivity index (χ2v) is 9.62. The molecule has 134 valence electrons. The van der Waals surface area contributed by atoms with Crippen molar-refractivity contribution in [2.24, 2.45) is 39.6 Å². The van der Waals surface area contributed by atoms with Crippen molar-refractivity contribution in [3.63, 3.8) is 0 Å². The Kier molecular flexibility index (Phi) is 4.04. The van der Waals surface area contributed by atoms with E-state index >= 15 is 0 Å². The number of carbonyl (C=O) groups excluding carboxylic acids is 1. The van der Waals surface area contributed by atoms with Gasteiger partial charge in [0.1, 0.15) is 0 Å². The fraction of sp³-hybridized carbons (Fsp3) is 0.905. The van der Waals surface area contributed by atoms with Gasteiger partial charge in [-0.1, -0.05) is 26.7 Å². The minimum Gasteiger partial charge on any atom is -0.274 e. The van der Waals surface area contributed by atoms with Gasteiger partial charge in [0.15, 0.2) is 0 Å². The predicted molar refractivity (Wildman–Crippen MR) is 97.6 cm³/mol. The molecule has 6 unspecified atom stereocenters. The van der Waals surface area contributed by atoms with Crippen LogP contribution in [-0.2, 0) is 4.79 Å². The molecule has 6 atom stereocenters. The second kappa shape index (κ2) is 5.85. The molecule has 4 aliphatic carbocycles. The molecule has 0 aromatic heterocycles. The molecule has 4 saturated carbocycles. The summed E-state index contributed by atoms with van der Waals surface area (Å²) >= 11 is 0. The maximum Gasteiger partial charge on any atom is 0.236 e. The summed E-state index contributed by atoms with van der Waals surface area (Å²) in [7, 11) is 0. The maximum atomic E-state index is 11.3. The molecule has 1 amide bonds. The van der Waals surface area contributed by atoms with Gasteiger partial charge in [-0.3, -0.25) is 4.79 Å². The number of rotatable bonds is 1. The van der Waals surface area contributed by atoms with E-state index in [1.807, 2.05) is 0 Å². The minimum atomic E-state index is -0.0431. The number of amides is 1. The van der Waals surface area contributed by atoms with Gasteiger partial charge >= 0.3 is 0 Å². The first-order chi connectivity index (χ1) is 11.4. The Balaban J connectivity index is 1.59. The summed E-state index contributed by atoms with van der Waals surface area (Å²) in [5.41, 5.74) is 4.84. The van der Waals surface area contributed by atoms with E-state index in [1.165, 1.54) is 63.5 Å². The Morgan fingerprint density at radius 3 is 2.67 bits per heavy atom. The van der Waals surface area contributed by atoms with Crippen molar-refractivity contribution < 1.29 is 4.79 Å². The molecule has 0 spiro atoms. The quantitative estimate of drug-likeness (QED) is 0.682. The molecule has 0 saturated heterocycles. The number of hydrazone groups is 1. The summed E-state index contributed by atoms with van der Waals surface area (Å²) in [5, 5.41) is 4.53. The Hall–Kier alpha value is -0.860. The van der Waals surface area contributed by atoms with Crippen LogP contribution in [0.1, 0.15) is 85.0 Å². The molecule has 0 aromatic carbocycles. The van der Waals surface area contributed by atoms with Crippen LogP contribution in [0.25, 0.3) is 0 Å². The van der Waals surface area contributed by atoms with Crippen LogP contribution in [0.5, 0.6) is 0 Å². The van der Waals surface area contributed by atoms with E-state index < -0.39 is 0 Å². The molecule has 4 aliphatic rings. The number of hydrogen-bond donors (Lipinski definition) is 1. The Labute approximate surface area is 147 Å². The molecular formula is C21H34N2O. The van der Waals surface area contributed by atoms with E-state index in [0.717, 1.165) is 30.1 Å². The predicted octanol–water partition coefficient (Wildman–Crippen LogP) is 4.91. The molecule has 3 heteroatoms. The molecular weight excluding hydrogens is 296 g/mol. The molecule has 1 N–H and O–H groups in total. The Bertz CT molecular complexity index is 556. The molecule has 0 heterocycles. The smallest absolute Gasteiger partial charge is 0.236 e. The number of fused-ring (bicyclic) bond motifs is 5. The van der Waals surface area contributed by atoms with Gasteiger partial charge in [0.05, 0.1) is 0 Å². The van der Waals surface area contributed by atoms with Gasteiger partial charge in [-0.25, -0.2) is 5.43 Å². The monoisotopic (exact) mass is 330 g/mol. The van der Waals surface area contributed by atoms with E-state index in [0.29, 0.717) is 5.41 Å². The van der Waals surface area contributed by atoms with Crippen LogP contribution in [0.15, 0.2) is 5.10 Å². The first kappa shape index (κ1) is 16.6. The Morgan fingerprint density at radius 2 is 1.88 bits per heavy atom. The van der Waals surface area contributed by atoms with Crippen molar-refractivity contribution in [3.05, 3.63) is 0 Å². The zero-order valence-corrected chi connectivity index (χ0v) is 15.7. The molecule has 0 aromatic rings. The standard InChI is InChI=1S/C21H34N2O/c1-14(24)22-23-19-10-9-17-16-8-7-15-6-4-5-12-20(15,2)18(16)11-13-21(17,19)3/h15-18H,4-13H2,1-3H3,(H,22,24)/b23-19-. The highest BCUT2D eigenvalue weighted by molar-refractivity contribution is 5.93. The average Bonchev–Trinajstić information content (AvgIpc) is 2.89. The maximum absolute atomic E-state index is 11.3. The van der Waals surface area contributed by atoms with Crippen LogP contribution in [-0.4, -0.2) is 11.6 Å². The van der Waals surface area contributed by atoms with Crippen molar-refractivity contribution in [1.29, 1.82) is 0 Å². The summed E-state index contributed by atoms with van der Waals surface area (Å²) < 4.78 is 0. The topological polar surface area (TPSA) is 41.5 Å². The number of nitrogens with one attached hydrogen (secondary N) is 1. The highest BCUT2D eigenvalue weighted by Crippen LogP contribution is 2.65.